The number of fused-ring (bicyclic) bond motifs is 2. The summed E-state index contributed by atoms with van der Waals surface area (Å²) in [6.07, 6.45) is 2.42. The van der Waals surface area contributed by atoms with Crippen molar-refractivity contribution in [2.24, 2.45) is 0 Å². The number of nitrogens with zero attached hydrogens (tertiary/aromatic N) is 4. The number of aryl methyl sites for hydroxylation is 2. The van der Waals surface area contributed by atoms with Crippen molar-refractivity contribution < 1.29 is 9.53 Å². The van der Waals surface area contributed by atoms with E-state index >= 15 is 0 Å². The normalized spacial score (nSPS) is 11.5. The van der Waals surface area contributed by atoms with Gasteiger partial charge in [0.1, 0.15) is 17.0 Å². The zero-order valence-electron chi connectivity index (χ0n) is 19.6. The molecule has 0 aliphatic heterocycles. The fourth-order valence-corrected chi connectivity index (χ4v) is 4.15. The maximum absolute atomic E-state index is 13.8. The first-order valence-corrected chi connectivity index (χ1v) is 11.3. The van der Waals surface area contributed by atoms with Gasteiger partial charge >= 0.3 is 0 Å². The Hall–Kier alpha value is -3.45. The molecule has 7 nitrogen and oxygen atoms in total. The highest BCUT2D eigenvalue weighted by atomic mass is 16.5. The Kier molecular flexibility index (Phi) is 6.60. The molecule has 3 heterocycles. The molecule has 7 heteroatoms. The molecule has 1 amide bonds. The first kappa shape index (κ1) is 22.7. The average Bonchev–Trinajstić information content (AvgIpc) is 3.17. The minimum Gasteiger partial charge on any atom is -0.385 e. The largest absolute Gasteiger partial charge is 0.385 e. The minimum atomic E-state index is -0.169. The topological polar surface area (TPSA) is 68.8 Å². The number of carbonyl (C=O) groups is 1. The zero-order valence-corrected chi connectivity index (χ0v) is 19.6. The van der Waals surface area contributed by atoms with Gasteiger partial charge in [0.25, 0.3) is 11.5 Å². The van der Waals surface area contributed by atoms with Gasteiger partial charge in [-0.25, -0.2) is 4.98 Å². The van der Waals surface area contributed by atoms with Gasteiger partial charge in [-0.15, -0.1) is 0 Å². The van der Waals surface area contributed by atoms with Crippen LogP contribution in [0.25, 0.3) is 16.7 Å². The third-order valence-corrected chi connectivity index (χ3v) is 5.92. The molecule has 4 aromatic rings. The van der Waals surface area contributed by atoms with Crippen LogP contribution in [-0.2, 0) is 17.8 Å². The fourth-order valence-electron chi connectivity index (χ4n) is 4.15. The van der Waals surface area contributed by atoms with Crippen molar-refractivity contribution >= 4 is 22.6 Å². The monoisotopic (exact) mass is 446 g/mol. The summed E-state index contributed by atoms with van der Waals surface area (Å²) in [7, 11) is 1.65. The number of aromatic nitrogens is 3. The second kappa shape index (κ2) is 9.58. The molecule has 0 N–H and O–H groups in total. The standard InChI is InChI=1S/C26H30N4O3/c1-18(2)30(17-20-11-6-5-7-12-20)26(32)22-16-21-24(28(22)14-9-15-33-4)27-23-19(3)10-8-13-29(23)25(21)31/h5-8,10-13,16,18H,9,14-15,17H2,1-4H3. The van der Waals surface area contributed by atoms with Gasteiger partial charge in [-0.1, -0.05) is 36.4 Å². The van der Waals surface area contributed by atoms with Gasteiger partial charge in [0.15, 0.2) is 0 Å². The number of hydrogen-bond acceptors (Lipinski definition) is 4. The summed E-state index contributed by atoms with van der Waals surface area (Å²) in [5, 5.41) is 0.447. The van der Waals surface area contributed by atoms with Crippen LogP contribution in [0, 0.1) is 6.92 Å². The van der Waals surface area contributed by atoms with Gasteiger partial charge in [0.2, 0.25) is 0 Å². The van der Waals surface area contributed by atoms with Crippen LogP contribution in [0.1, 0.15) is 41.9 Å². The summed E-state index contributed by atoms with van der Waals surface area (Å²) in [6, 6.07) is 15.4. The molecule has 0 spiro atoms. The van der Waals surface area contributed by atoms with E-state index in [0.29, 0.717) is 48.5 Å². The SMILES string of the molecule is COCCCn1c(C(=O)N(Cc2ccccc2)C(C)C)cc2c(=O)n3cccc(C)c3nc21. The Morgan fingerprint density at radius 3 is 2.58 bits per heavy atom. The molecule has 1 aromatic carbocycles. The van der Waals surface area contributed by atoms with Crippen LogP contribution in [0.15, 0.2) is 59.5 Å². The van der Waals surface area contributed by atoms with E-state index in [1.807, 2.05) is 72.7 Å². The molecular weight excluding hydrogens is 416 g/mol. The van der Waals surface area contributed by atoms with Crippen LogP contribution in [0.5, 0.6) is 0 Å². The molecule has 3 aromatic heterocycles. The molecular formula is C26H30N4O3. The number of pyridine rings is 1. The van der Waals surface area contributed by atoms with Crippen molar-refractivity contribution in [2.45, 2.75) is 46.3 Å². The Balaban J connectivity index is 1.87. The molecule has 0 radical (unpaired) electrons. The maximum Gasteiger partial charge on any atom is 0.271 e. The Morgan fingerprint density at radius 2 is 1.88 bits per heavy atom. The predicted molar refractivity (Wildman–Crippen MR) is 130 cm³/mol. The molecule has 0 aliphatic carbocycles. The summed E-state index contributed by atoms with van der Waals surface area (Å²) in [6.45, 7) is 7.51. The van der Waals surface area contributed by atoms with E-state index in [4.69, 9.17) is 9.72 Å². The van der Waals surface area contributed by atoms with Gasteiger partial charge in [-0.2, -0.15) is 0 Å². The lowest BCUT2D eigenvalue weighted by molar-refractivity contribution is 0.0678. The van der Waals surface area contributed by atoms with Crippen LogP contribution in [0.4, 0.5) is 0 Å². The smallest absolute Gasteiger partial charge is 0.271 e. The van der Waals surface area contributed by atoms with Crippen LogP contribution in [0.2, 0.25) is 0 Å². The summed E-state index contributed by atoms with van der Waals surface area (Å²) in [5.74, 6) is -0.116. The number of methoxy groups -OCH3 is 1. The third-order valence-electron chi connectivity index (χ3n) is 5.92. The summed E-state index contributed by atoms with van der Waals surface area (Å²) < 4.78 is 8.67. The number of benzene rings is 1. The summed E-state index contributed by atoms with van der Waals surface area (Å²) in [5.41, 5.74) is 3.41. The van der Waals surface area contributed by atoms with Crippen molar-refractivity contribution in [3.05, 3.63) is 81.9 Å². The van der Waals surface area contributed by atoms with Crippen LogP contribution in [0.3, 0.4) is 0 Å². The third kappa shape index (κ3) is 4.41. The molecule has 0 bridgehead atoms. The average molecular weight is 447 g/mol. The second-order valence-electron chi connectivity index (χ2n) is 8.58. The molecule has 0 atom stereocenters. The van der Waals surface area contributed by atoms with Crippen LogP contribution >= 0.6 is 0 Å². The van der Waals surface area contributed by atoms with Crippen LogP contribution in [-0.4, -0.2) is 44.5 Å². The van der Waals surface area contributed by atoms with Crippen molar-refractivity contribution in [1.29, 1.82) is 0 Å². The number of ether oxygens (including phenoxy) is 1. The number of hydrogen-bond donors (Lipinski definition) is 0. The van der Waals surface area contributed by atoms with Crippen LogP contribution < -0.4 is 5.56 Å². The Bertz CT molecular complexity index is 1340. The maximum atomic E-state index is 13.8. The van der Waals surface area contributed by atoms with E-state index in [-0.39, 0.29) is 17.5 Å². The molecule has 4 rings (SSSR count). The fraction of sp³-hybridized carbons (Fsp3) is 0.346. The highest BCUT2D eigenvalue weighted by molar-refractivity contribution is 5.98. The van der Waals surface area contributed by atoms with Gasteiger partial charge in [0, 0.05) is 39.0 Å². The van der Waals surface area contributed by atoms with E-state index in [1.54, 1.807) is 23.8 Å². The van der Waals surface area contributed by atoms with Crippen molar-refractivity contribution in [2.75, 3.05) is 13.7 Å². The number of carbonyl (C=O) groups excluding carboxylic acids is 1. The van der Waals surface area contributed by atoms with Crippen molar-refractivity contribution in [3.8, 4) is 0 Å². The van der Waals surface area contributed by atoms with Gasteiger partial charge in [0.05, 0.1) is 5.39 Å². The molecule has 0 aliphatic rings. The highest BCUT2D eigenvalue weighted by Crippen LogP contribution is 2.22. The predicted octanol–water partition coefficient (Wildman–Crippen LogP) is 4.04. The zero-order chi connectivity index (χ0) is 23.5. The first-order valence-electron chi connectivity index (χ1n) is 11.3. The lowest BCUT2D eigenvalue weighted by atomic mass is 10.1. The molecule has 0 saturated heterocycles. The Morgan fingerprint density at radius 1 is 1.12 bits per heavy atom. The van der Waals surface area contributed by atoms with E-state index in [2.05, 4.69) is 0 Å². The first-order chi connectivity index (χ1) is 15.9. The second-order valence-corrected chi connectivity index (χ2v) is 8.58. The van der Waals surface area contributed by atoms with Gasteiger partial charge < -0.3 is 14.2 Å². The summed E-state index contributed by atoms with van der Waals surface area (Å²) in [4.78, 5) is 33.8. The molecule has 172 valence electrons. The summed E-state index contributed by atoms with van der Waals surface area (Å²) >= 11 is 0. The van der Waals surface area contributed by atoms with E-state index < -0.39 is 0 Å². The van der Waals surface area contributed by atoms with Crippen molar-refractivity contribution in [3.63, 3.8) is 0 Å². The highest BCUT2D eigenvalue weighted by Gasteiger charge is 2.25. The molecule has 0 unspecified atom stereocenters. The van der Waals surface area contributed by atoms with Gasteiger partial charge in [-0.05, 0) is 50.5 Å². The molecule has 33 heavy (non-hydrogen) atoms. The van der Waals surface area contributed by atoms with E-state index in [9.17, 15) is 9.59 Å². The lowest BCUT2D eigenvalue weighted by Gasteiger charge is -2.27. The number of amides is 1. The van der Waals surface area contributed by atoms with Gasteiger partial charge in [-0.3, -0.25) is 14.0 Å². The molecule has 0 fully saturated rings. The van der Waals surface area contributed by atoms with Crippen molar-refractivity contribution in [1.82, 2.24) is 18.9 Å². The number of rotatable bonds is 8. The Labute approximate surface area is 193 Å². The lowest BCUT2D eigenvalue weighted by Crippen LogP contribution is -2.37. The minimum absolute atomic E-state index is 0.0153. The quantitative estimate of drug-likeness (QED) is 0.383. The van der Waals surface area contributed by atoms with E-state index in [1.165, 1.54) is 0 Å². The van der Waals surface area contributed by atoms with E-state index in [0.717, 1.165) is 11.1 Å². The molecule has 0 saturated carbocycles.